The molecule has 0 saturated heterocycles. The lowest BCUT2D eigenvalue weighted by atomic mass is 9.92. The van der Waals surface area contributed by atoms with Gasteiger partial charge in [0.2, 0.25) is 0 Å². The van der Waals surface area contributed by atoms with Crippen LogP contribution in [0.4, 0.5) is 15.8 Å². The van der Waals surface area contributed by atoms with Gasteiger partial charge in [-0.2, -0.15) is 5.26 Å². The fourth-order valence-corrected chi connectivity index (χ4v) is 2.71. The minimum atomic E-state index is -0.590. The Labute approximate surface area is 142 Å². The number of nitro groups is 1. The molecule has 3 aromatic rings. The van der Waals surface area contributed by atoms with E-state index >= 15 is 0 Å². The first-order chi connectivity index (χ1) is 12.0. The Balaban J connectivity index is 2.37. The minimum absolute atomic E-state index is 0.00186. The van der Waals surface area contributed by atoms with E-state index in [0.29, 0.717) is 22.3 Å². The van der Waals surface area contributed by atoms with Crippen molar-refractivity contribution in [3.05, 3.63) is 82.2 Å². The molecule has 25 heavy (non-hydrogen) atoms. The second-order valence-electron chi connectivity index (χ2n) is 5.35. The number of anilines is 1. The lowest BCUT2D eigenvalue weighted by Crippen LogP contribution is -2.03. The molecule has 6 heteroatoms. The monoisotopic (exact) mass is 333 g/mol. The highest BCUT2D eigenvalue weighted by Crippen LogP contribution is 2.41. The number of halogens is 1. The van der Waals surface area contributed by atoms with Gasteiger partial charge in [0.25, 0.3) is 0 Å². The highest BCUT2D eigenvalue weighted by molar-refractivity contribution is 5.92. The van der Waals surface area contributed by atoms with Crippen molar-refractivity contribution >= 4 is 11.4 Å². The summed E-state index contributed by atoms with van der Waals surface area (Å²) < 4.78 is 13.2. The molecule has 0 saturated carbocycles. The molecule has 0 heterocycles. The molecule has 0 bridgehead atoms. The van der Waals surface area contributed by atoms with Gasteiger partial charge >= 0.3 is 5.69 Å². The molecule has 0 radical (unpaired) electrons. The van der Waals surface area contributed by atoms with Gasteiger partial charge in [0.15, 0.2) is 0 Å². The molecule has 5 nitrogen and oxygen atoms in total. The van der Waals surface area contributed by atoms with Crippen LogP contribution in [0.2, 0.25) is 0 Å². The molecule has 3 aromatic carbocycles. The molecule has 0 unspecified atom stereocenters. The van der Waals surface area contributed by atoms with Crippen molar-refractivity contribution < 1.29 is 9.31 Å². The third kappa shape index (κ3) is 2.91. The number of hydrogen-bond acceptors (Lipinski definition) is 4. The molecule has 0 aliphatic carbocycles. The number of nitrogen functional groups attached to an aromatic ring is 1. The van der Waals surface area contributed by atoms with Gasteiger partial charge in [-0.3, -0.25) is 10.1 Å². The van der Waals surface area contributed by atoms with Gasteiger partial charge < -0.3 is 5.73 Å². The van der Waals surface area contributed by atoms with Crippen LogP contribution < -0.4 is 5.73 Å². The lowest BCUT2D eigenvalue weighted by molar-refractivity contribution is -0.383. The van der Waals surface area contributed by atoms with E-state index in [0.717, 1.165) is 0 Å². The number of benzene rings is 3. The van der Waals surface area contributed by atoms with E-state index < -0.39 is 10.7 Å². The maximum atomic E-state index is 13.2. The largest absolute Gasteiger partial charge is 0.392 e. The van der Waals surface area contributed by atoms with E-state index in [1.165, 1.54) is 24.3 Å². The molecule has 0 spiro atoms. The van der Waals surface area contributed by atoms with Gasteiger partial charge in [-0.15, -0.1) is 0 Å². The van der Waals surface area contributed by atoms with E-state index in [4.69, 9.17) is 5.73 Å². The minimum Gasteiger partial charge on any atom is -0.392 e. The Bertz CT molecular complexity index is 994. The number of hydrogen-bond donors (Lipinski definition) is 1. The lowest BCUT2D eigenvalue weighted by Gasteiger charge is -2.12. The first-order valence-corrected chi connectivity index (χ1v) is 7.35. The first kappa shape index (κ1) is 16.1. The average molecular weight is 333 g/mol. The maximum Gasteiger partial charge on any atom is 0.301 e. The molecule has 2 N–H and O–H groups in total. The van der Waals surface area contributed by atoms with Gasteiger partial charge in [-0.1, -0.05) is 42.5 Å². The van der Waals surface area contributed by atoms with Gasteiger partial charge in [0.05, 0.1) is 16.1 Å². The van der Waals surface area contributed by atoms with Crippen LogP contribution in [0.3, 0.4) is 0 Å². The summed E-state index contributed by atoms with van der Waals surface area (Å²) in [7, 11) is 0. The smallest absolute Gasteiger partial charge is 0.301 e. The fourth-order valence-electron chi connectivity index (χ4n) is 2.71. The predicted molar refractivity (Wildman–Crippen MR) is 93.1 cm³/mol. The van der Waals surface area contributed by atoms with Crippen LogP contribution in [0.25, 0.3) is 22.3 Å². The summed E-state index contributed by atoms with van der Waals surface area (Å²) in [5.41, 5.74) is 7.33. The van der Waals surface area contributed by atoms with Gasteiger partial charge in [-0.05, 0) is 29.3 Å². The quantitative estimate of drug-likeness (QED) is 0.433. The molecule has 0 amide bonds. The zero-order valence-corrected chi connectivity index (χ0v) is 12.9. The van der Waals surface area contributed by atoms with Crippen LogP contribution in [-0.4, -0.2) is 4.92 Å². The van der Waals surface area contributed by atoms with Gasteiger partial charge in [0.1, 0.15) is 17.6 Å². The van der Waals surface area contributed by atoms with Gasteiger partial charge in [0, 0.05) is 5.56 Å². The Morgan fingerprint density at radius 1 is 1.00 bits per heavy atom. The molecule has 0 aliphatic heterocycles. The average Bonchev–Trinajstić information content (AvgIpc) is 2.62. The van der Waals surface area contributed by atoms with Crippen molar-refractivity contribution in [3.63, 3.8) is 0 Å². The summed E-state index contributed by atoms with van der Waals surface area (Å²) in [6.07, 6.45) is 0. The third-order valence-corrected chi connectivity index (χ3v) is 3.87. The second kappa shape index (κ2) is 6.42. The highest BCUT2D eigenvalue weighted by atomic mass is 19.1. The van der Waals surface area contributed by atoms with Crippen LogP contribution in [0.15, 0.2) is 60.7 Å². The van der Waals surface area contributed by atoms with Crippen LogP contribution in [0.1, 0.15) is 5.56 Å². The van der Waals surface area contributed by atoms with Crippen molar-refractivity contribution in [2.45, 2.75) is 0 Å². The standard InChI is InChI=1S/C19H12FN3O2/c20-14-8-6-13(7-9-14)15-10-16(12-4-2-1-3-5-12)19(23(24)25)18(22)17(15)11-21/h1-10H,22H2. The zero-order valence-electron chi connectivity index (χ0n) is 12.9. The number of nitrogens with zero attached hydrogens (tertiary/aromatic N) is 2. The third-order valence-electron chi connectivity index (χ3n) is 3.87. The van der Waals surface area contributed by atoms with Crippen molar-refractivity contribution in [2.75, 3.05) is 5.73 Å². The summed E-state index contributed by atoms with van der Waals surface area (Å²) in [5, 5.41) is 21.0. The summed E-state index contributed by atoms with van der Waals surface area (Å²) in [4.78, 5) is 11.0. The van der Waals surface area contributed by atoms with E-state index in [9.17, 15) is 19.8 Å². The molecule has 0 aliphatic rings. The van der Waals surface area contributed by atoms with E-state index in [1.807, 2.05) is 6.07 Å². The number of rotatable bonds is 3. The number of nitrogens with two attached hydrogens (primary N) is 1. The Morgan fingerprint density at radius 2 is 1.60 bits per heavy atom. The first-order valence-electron chi connectivity index (χ1n) is 7.35. The zero-order chi connectivity index (χ0) is 18.0. The maximum absolute atomic E-state index is 13.2. The van der Waals surface area contributed by atoms with E-state index in [2.05, 4.69) is 0 Å². The Hall–Kier alpha value is -3.72. The Kier molecular flexibility index (Phi) is 4.14. The van der Waals surface area contributed by atoms with Crippen LogP contribution in [-0.2, 0) is 0 Å². The van der Waals surface area contributed by atoms with Crippen molar-refractivity contribution in [3.8, 4) is 28.3 Å². The van der Waals surface area contributed by atoms with Crippen molar-refractivity contribution in [1.29, 1.82) is 5.26 Å². The SMILES string of the molecule is N#Cc1c(-c2ccc(F)cc2)cc(-c2ccccc2)c([N+](=O)[O-])c1N. The summed E-state index contributed by atoms with van der Waals surface area (Å²) in [6, 6.07) is 17.8. The topological polar surface area (TPSA) is 92.9 Å². The van der Waals surface area contributed by atoms with E-state index in [1.54, 1.807) is 36.4 Å². The van der Waals surface area contributed by atoms with Crippen molar-refractivity contribution in [2.24, 2.45) is 0 Å². The number of nitriles is 1. The van der Waals surface area contributed by atoms with Crippen LogP contribution in [0, 0.1) is 27.3 Å². The summed E-state index contributed by atoms with van der Waals surface area (Å²) >= 11 is 0. The molecule has 0 aromatic heterocycles. The van der Waals surface area contributed by atoms with E-state index in [-0.39, 0.29) is 16.9 Å². The predicted octanol–water partition coefficient (Wildman–Crippen LogP) is 4.52. The fraction of sp³-hybridized carbons (Fsp3) is 0. The molecule has 0 fully saturated rings. The van der Waals surface area contributed by atoms with Crippen LogP contribution >= 0.6 is 0 Å². The molecule has 122 valence electrons. The number of nitro benzene ring substituents is 1. The molecule has 0 atom stereocenters. The van der Waals surface area contributed by atoms with Crippen molar-refractivity contribution in [1.82, 2.24) is 0 Å². The molecular formula is C19H12FN3O2. The second-order valence-corrected chi connectivity index (χ2v) is 5.35. The summed E-state index contributed by atoms with van der Waals surface area (Å²) in [5.74, 6) is -0.416. The normalized spacial score (nSPS) is 10.2. The van der Waals surface area contributed by atoms with Gasteiger partial charge in [-0.25, -0.2) is 4.39 Å². The molecular weight excluding hydrogens is 321 g/mol. The summed E-state index contributed by atoms with van der Waals surface area (Å²) in [6.45, 7) is 0. The molecule has 3 rings (SSSR count). The Morgan fingerprint density at radius 3 is 2.16 bits per heavy atom. The highest BCUT2D eigenvalue weighted by Gasteiger charge is 2.26. The van der Waals surface area contributed by atoms with Crippen LogP contribution in [0.5, 0.6) is 0 Å².